The van der Waals surface area contributed by atoms with Crippen molar-refractivity contribution in [3.8, 4) is 5.75 Å². The third-order valence-corrected chi connectivity index (χ3v) is 4.88. The molecule has 0 unspecified atom stereocenters. The number of hydrogen-bond donors (Lipinski definition) is 2. The van der Waals surface area contributed by atoms with Gasteiger partial charge in [0, 0.05) is 17.3 Å². The smallest absolute Gasteiger partial charge is 0.171 e. The van der Waals surface area contributed by atoms with E-state index in [1.54, 1.807) is 0 Å². The van der Waals surface area contributed by atoms with Crippen LogP contribution in [0.2, 0.25) is 0 Å². The quantitative estimate of drug-likeness (QED) is 0.784. The van der Waals surface area contributed by atoms with Crippen molar-refractivity contribution in [2.24, 2.45) is 5.92 Å². The molecule has 0 spiro atoms. The van der Waals surface area contributed by atoms with Crippen LogP contribution < -0.4 is 15.4 Å². The molecule has 22 heavy (non-hydrogen) atoms. The van der Waals surface area contributed by atoms with Gasteiger partial charge in [-0.2, -0.15) is 0 Å². The molecule has 0 amide bonds. The first-order valence-electron chi connectivity index (χ1n) is 8.43. The molecule has 120 valence electrons. The third-order valence-electron chi connectivity index (χ3n) is 4.68. The van der Waals surface area contributed by atoms with Crippen LogP contribution in [0.3, 0.4) is 0 Å². The van der Waals surface area contributed by atoms with Crippen LogP contribution in [0.25, 0.3) is 0 Å². The molecule has 1 aromatic carbocycles. The summed E-state index contributed by atoms with van der Waals surface area (Å²) in [6.07, 6.45) is 8.05. The molecule has 2 N–H and O–H groups in total. The Hall–Kier alpha value is -1.29. The zero-order chi connectivity index (χ0) is 15.6. The van der Waals surface area contributed by atoms with E-state index in [0.717, 1.165) is 22.5 Å². The highest BCUT2D eigenvalue weighted by Gasteiger charge is 2.47. The fourth-order valence-electron chi connectivity index (χ4n) is 3.58. The summed E-state index contributed by atoms with van der Waals surface area (Å²) in [7, 11) is 0. The van der Waals surface area contributed by atoms with E-state index >= 15 is 0 Å². The SMILES string of the molecule is CC(C)Oc1cccc(NC(=S)NC2(C3CC3)CCCC2)c1. The fourth-order valence-corrected chi connectivity index (χ4v) is 3.91. The van der Waals surface area contributed by atoms with Gasteiger partial charge in [-0.1, -0.05) is 18.9 Å². The van der Waals surface area contributed by atoms with Gasteiger partial charge in [-0.05, 0) is 69.8 Å². The summed E-state index contributed by atoms with van der Waals surface area (Å²) in [5, 5.41) is 7.72. The number of thiocarbonyl (C=S) groups is 1. The molecule has 3 rings (SSSR count). The third kappa shape index (κ3) is 3.72. The van der Waals surface area contributed by atoms with Gasteiger partial charge in [0.2, 0.25) is 0 Å². The molecular formula is C18H26N2OS. The van der Waals surface area contributed by atoms with Crippen molar-refractivity contribution in [2.45, 2.75) is 64.0 Å². The lowest BCUT2D eigenvalue weighted by molar-refractivity contribution is 0.242. The largest absolute Gasteiger partial charge is 0.491 e. The maximum absolute atomic E-state index is 5.73. The molecule has 2 aliphatic carbocycles. The van der Waals surface area contributed by atoms with Gasteiger partial charge in [-0.15, -0.1) is 0 Å². The molecule has 0 aromatic heterocycles. The zero-order valence-corrected chi connectivity index (χ0v) is 14.3. The Bertz CT molecular complexity index is 534. The van der Waals surface area contributed by atoms with Crippen molar-refractivity contribution < 1.29 is 4.74 Å². The molecule has 0 heterocycles. The van der Waals surface area contributed by atoms with Gasteiger partial charge in [0.15, 0.2) is 5.11 Å². The van der Waals surface area contributed by atoms with E-state index in [9.17, 15) is 0 Å². The molecule has 2 fully saturated rings. The molecular weight excluding hydrogens is 292 g/mol. The predicted molar refractivity (Wildman–Crippen MR) is 95.5 cm³/mol. The Morgan fingerprint density at radius 3 is 2.64 bits per heavy atom. The first kappa shape index (κ1) is 15.6. The Morgan fingerprint density at radius 1 is 1.27 bits per heavy atom. The second-order valence-electron chi connectivity index (χ2n) is 6.91. The minimum absolute atomic E-state index is 0.178. The summed E-state index contributed by atoms with van der Waals surface area (Å²) in [4.78, 5) is 0. The summed E-state index contributed by atoms with van der Waals surface area (Å²) in [5.41, 5.74) is 1.25. The van der Waals surface area contributed by atoms with E-state index in [-0.39, 0.29) is 11.6 Å². The summed E-state index contributed by atoms with van der Waals surface area (Å²) in [5.74, 6) is 1.70. The highest BCUT2D eigenvalue weighted by atomic mass is 32.1. The van der Waals surface area contributed by atoms with E-state index in [4.69, 9.17) is 17.0 Å². The van der Waals surface area contributed by atoms with Crippen molar-refractivity contribution in [3.63, 3.8) is 0 Å². The summed E-state index contributed by atoms with van der Waals surface area (Å²) < 4.78 is 5.73. The highest BCUT2D eigenvalue weighted by molar-refractivity contribution is 7.80. The van der Waals surface area contributed by atoms with Crippen molar-refractivity contribution in [1.82, 2.24) is 5.32 Å². The standard InChI is InChI=1S/C18H26N2OS/c1-13(2)21-16-7-5-6-15(12-16)19-17(22)20-18(14-8-9-14)10-3-4-11-18/h5-7,12-14H,3-4,8-11H2,1-2H3,(H2,19,20,22). The Balaban J connectivity index is 1.61. The van der Waals surface area contributed by atoms with E-state index in [2.05, 4.69) is 10.6 Å². The van der Waals surface area contributed by atoms with E-state index in [1.807, 2.05) is 38.1 Å². The van der Waals surface area contributed by atoms with Crippen LogP contribution in [0.4, 0.5) is 5.69 Å². The Morgan fingerprint density at radius 2 is 2.00 bits per heavy atom. The van der Waals surface area contributed by atoms with Gasteiger partial charge in [0.05, 0.1) is 6.10 Å². The average molecular weight is 318 g/mol. The molecule has 0 saturated heterocycles. The first-order chi connectivity index (χ1) is 10.6. The first-order valence-corrected chi connectivity index (χ1v) is 8.84. The average Bonchev–Trinajstić information content (AvgIpc) is 3.20. The van der Waals surface area contributed by atoms with Gasteiger partial charge in [-0.25, -0.2) is 0 Å². The molecule has 4 heteroatoms. The fraction of sp³-hybridized carbons (Fsp3) is 0.611. The molecule has 2 saturated carbocycles. The molecule has 1 aromatic rings. The number of rotatable bonds is 5. The maximum atomic E-state index is 5.73. The van der Waals surface area contributed by atoms with Crippen LogP contribution in [-0.4, -0.2) is 16.8 Å². The molecule has 0 atom stereocenters. The molecule has 3 nitrogen and oxygen atoms in total. The molecule has 0 aliphatic heterocycles. The topological polar surface area (TPSA) is 33.3 Å². The lowest BCUT2D eigenvalue weighted by Gasteiger charge is -2.32. The maximum Gasteiger partial charge on any atom is 0.171 e. The van der Waals surface area contributed by atoms with Crippen molar-refractivity contribution in [2.75, 3.05) is 5.32 Å². The van der Waals surface area contributed by atoms with Crippen LogP contribution >= 0.6 is 12.2 Å². The lowest BCUT2D eigenvalue weighted by atomic mass is 9.91. The summed E-state index contributed by atoms with van der Waals surface area (Å²) in [6, 6.07) is 8.01. The van der Waals surface area contributed by atoms with Crippen molar-refractivity contribution in [3.05, 3.63) is 24.3 Å². The van der Waals surface area contributed by atoms with Gasteiger partial charge in [-0.3, -0.25) is 0 Å². The van der Waals surface area contributed by atoms with Crippen LogP contribution in [0.5, 0.6) is 5.75 Å². The van der Waals surface area contributed by atoms with Crippen LogP contribution in [0.15, 0.2) is 24.3 Å². The van der Waals surface area contributed by atoms with Crippen molar-refractivity contribution >= 4 is 23.0 Å². The second-order valence-corrected chi connectivity index (χ2v) is 7.32. The van der Waals surface area contributed by atoms with E-state index in [0.29, 0.717) is 0 Å². The number of anilines is 1. The molecule has 2 aliphatic rings. The van der Waals surface area contributed by atoms with Crippen LogP contribution in [-0.2, 0) is 0 Å². The van der Waals surface area contributed by atoms with Gasteiger partial charge in [0.1, 0.15) is 5.75 Å². The molecule has 0 radical (unpaired) electrons. The van der Waals surface area contributed by atoms with Crippen LogP contribution in [0, 0.1) is 5.92 Å². The van der Waals surface area contributed by atoms with Gasteiger partial charge < -0.3 is 15.4 Å². The Kier molecular flexibility index (Phi) is 4.57. The normalized spacial score (nSPS) is 20.0. The number of nitrogens with one attached hydrogen (secondary N) is 2. The summed E-state index contributed by atoms with van der Waals surface area (Å²) in [6.45, 7) is 4.07. The van der Waals surface area contributed by atoms with E-state index < -0.39 is 0 Å². The summed E-state index contributed by atoms with van der Waals surface area (Å²) >= 11 is 5.56. The van der Waals surface area contributed by atoms with Crippen LogP contribution in [0.1, 0.15) is 52.4 Å². The number of ether oxygens (including phenoxy) is 1. The minimum atomic E-state index is 0.178. The van der Waals surface area contributed by atoms with E-state index in [1.165, 1.54) is 38.5 Å². The van der Waals surface area contributed by atoms with Gasteiger partial charge in [0.25, 0.3) is 0 Å². The lowest BCUT2D eigenvalue weighted by Crippen LogP contribution is -2.49. The zero-order valence-electron chi connectivity index (χ0n) is 13.5. The van der Waals surface area contributed by atoms with Gasteiger partial charge >= 0.3 is 0 Å². The Labute approximate surface area is 138 Å². The highest BCUT2D eigenvalue weighted by Crippen LogP contribution is 2.48. The number of hydrogen-bond acceptors (Lipinski definition) is 2. The second kappa shape index (κ2) is 6.45. The minimum Gasteiger partial charge on any atom is -0.491 e. The van der Waals surface area contributed by atoms with Crippen molar-refractivity contribution in [1.29, 1.82) is 0 Å². The molecule has 0 bridgehead atoms. The number of benzene rings is 1. The predicted octanol–water partition coefficient (Wildman–Crippen LogP) is 4.48. The monoisotopic (exact) mass is 318 g/mol.